The van der Waals surface area contributed by atoms with Gasteiger partial charge in [-0.15, -0.1) is 0 Å². The predicted octanol–water partition coefficient (Wildman–Crippen LogP) is 3.15. The molecule has 0 saturated carbocycles. The number of ether oxygens (including phenoxy) is 1. The second kappa shape index (κ2) is 10.6. The minimum atomic E-state index is 0.543. The maximum absolute atomic E-state index is 5.95. The SMILES string of the molecule is CN=C(NCc1ccccc1COc1ccccc1)N1CCN(Cc2ccon2)CC1. The molecule has 1 N–H and O–H groups in total. The number of hydrogen-bond acceptors (Lipinski definition) is 5. The largest absolute Gasteiger partial charge is 0.489 e. The normalized spacial score (nSPS) is 15.1. The topological polar surface area (TPSA) is 66.1 Å². The quantitative estimate of drug-likeness (QED) is 0.469. The summed E-state index contributed by atoms with van der Waals surface area (Å²) < 4.78 is 10.9. The van der Waals surface area contributed by atoms with Gasteiger partial charge in [-0.25, -0.2) is 0 Å². The van der Waals surface area contributed by atoms with E-state index in [1.54, 1.807) is 6.26 Å². The molecule has 1 saturated heterocycles. The smallest absolute Gasteiger partial charge is 0.194 e. The number of guanidine groups is 1. The Morgan fingerprint density at radius 3 is 2.45 bits per heavy atom. The van der Waals surface area contributed by atoms with E-state index >= 15 is 0 Å². The van der Waals surface area contributed by atoms with Crippen molar-refractivity contribution in [3.63, 3.8) is 0 Å². The first-order valence-corrected chi connectivity index (χ1v) is 10.6. The van der Waals surface area contributed by atoms with E-state index < -0.39 is 0 Å². The number of nitrogens with one attached hydrogen (secondary N) is 1. The Balaban J connectivity index is 1.29. The number of aliphatic imine (C=N–C) groups is 1. The predicted molar refractivity (Wildman–Crippen MR) is 121 cm³/mol. The number of benzene rings is 2. The molecule has 31 heavy (non-hydrogen) atoms. The van der Waals surface area contributed by atoms with E-state index in [0.717, 1.165) is 50.1 Å². The van der Waals surface area contributed by atoms with Crippen molar-refractivity contribution in [1.82, 2.24) is 20.3 Å². The van der Waals surface area contributed by atoms with Crippen LogP contribution in [0.4, 0.5) is 0 Å². The van der Waals surface area contributed by atoms with Gasteiger partial charge >= 0.3 is 0 Å². The Labute approximate surface area is 183 Å². The van der Waals surface area contributed by atoms with Gasteiger partial charge < -0.3 is 19.5 Å². The van der Waals surface area contributed by atoms with Crippen molar-refractivity contribution in [3.8, 4) is 5.75 Å². The van der Waals surface area contributed by atoms with Crippen molar-refractivity contribution in [2.24, 2.45) is 4.99 Å². The molecule has 0 unspecified atom stereocenters. The molecule has 7 heteroatoms. The zero-order valence-electron chi connectivity index (χ0n) is 17.9. The highest BCUT2D eigenvalue weighted by Gasteiger charge is 2.20. The Hall–Kier alpha value is -3.32. The van der Waals surface area contributed by atoms with Crippen LogP contribution >= 0.6 is 0 Å². The molecule has 3 aromatic rings. The van der Waals surface area contributed by atoms with Crippen molar-refractivity contribution in [2.75, 3.05) is 33.2 Å². The third kappa shape index (κ3) is 5.86. The molecule has 1 aliphatic heterocycles. The standard InChI is InChI=1S/C24H29N5O2/c1-25-24(29-14-12-28(13-15-29)18-22-11-16-31-27-22)26-17-20-7-5-6-8-21(20)19-30-23-9-3-2-4-10-23/h2-11,16H,12-15,17-19H2,1H3,(H,25,26). The molecule has 0 amide bonds. The number of aromatic nitrogens is 1. The maximum atomic E-state index is 5.95. The van der Waals surface area contributed by atoms with Gasteiger partial charge in [0.2, 0.25) is 0 Å². The second-order valence-corrected chi connectivity index (χ2v) is 7.53. The molecule has 1 fully saturated rings. The first kappa shape index (κ1) is 20.9. The summed E-state index contributed by atoms with van der Waals surface area (Å²) in [5.41, 5.74) is 3.36. The van der Waals surface area contributed by atoms with Crippen molar-refractivity contribution < 1.29 is 9.26 Å². The van der Waals surface area contributed by atoms with Gasteiger partial charge in [0.05, 0.1) is 5.69 Å². The van der Waals surface area contributed by atoms with Crippen LogP contribution < -0.4 is 10.1 Å². The number of para-hydroxylation sites is 1. The summed E-state index contributed by atoms with van der Waals surface area (Å²) in [6.45, 7) is 5.86. The molecule has 0 aliphatic carbocycles. The highest BCUT2D eigenvalue weighted by Crippen LogP contribution is 2.15. The van der Waals surface area contributed by atoms with Crippen molar-refractivity contribution >= 4 is 5.96 Å². The van der Waals surface area contributed by atoms with Crippen molar-refractivity contribution in [1.29, 1.82) is 0 Å². The fraction of sp³-hybridized carbons (Fsp3) is 0.333. The summed E-state index contributed by atoms with van der Waals surface area (Å²) in [7, 11) is 1.84. The zero-order valence-corrected chi connectivity index (χ0v) is 17.9. The number of rotatable bonds is 7. The highest BCUT2D eigenvalue weighted by atomic mass is 16.5. The van der Waals surface area contributed by atoms with Gasteiger partial charge in [-0.1, -0.05) is 47.6 Å². The van der Waals surface area contributed by atoms with Gasteiger partial charge in [-0.3, -0.25) is 9.89 Å². The Kier molecular flexibility index (Phi) is 7.18. The van der Waals surface area contributed by atoms with Crippen LogP contribution in [0.15, 0.2) is 76.4 Å². The second-order valence-electron chi connectivity index (χ2n) is 7.53. The molecule has 2 aromatic carbocycles. The molecule has 0 bridgehead atoms. The minimum Gasteiger partial charge on any atom is -0.489 e. The Morgan fingerprint density at radius 1 is 1.00 bits per heavy atom. The van der Waals surface area contributed by atoms with Crippen LogP contribution in [-0.4, -0.2) is 54.1 Å². The third-order valence-electron chi connectivity index (χ3n) is 5.45. The average Bonchev–Trinajstić information content (AvgIpc) is 3.33. The fourth-order valence-corrected chi connectivity index (χ4v) is 3.72. The van der Waals surface area contributed by atoms with Gasteiger partial charge in [0.25, 0.3) is 0 Å². The Morgan fingerprint density at radius 2 is 1.74 bits per heavy atom. The van der Waals surface area contributed by atoms with Crippen LogP contribution in [0.2, 0.25) is 0 Å². The Bertz CT molecular complexity index is 951. The first-order valence-electron chi connectivity index (χ1n) is 10.6. The lowest BCUT2D eigenvalue weighted by Gasteiger charge is -2.36. The summed E-state index contributed by atoms with van der Waals surface area (Å²) in [4.78, 5) is 9.20. The minimum absolute atomic E-state index is 0.543. The summed E-state index contributed by atoms with van der Waals surface area (Å²) in [5.74, 6) is 1.81. The maximum Gasteiger partial charge on any atom is 0.194 e. The summed E-state index contributed by atoms with van der Waals surface area (Å²) in [6, 6.07) is 20.2. The molecule has 7 nitrogen and oxygen atoms in total. The van der Waals surface area contributed by atoms with Crippen LogP contribution in [0.3, 0.4) is 0 Å². The molecule has 2 heterocycles. The molecule has 1 aromatic heterocycles. The lowest BCUT2D eigenvalue weighted by molar-refractivity contribution is 0.169. The molecule has 0 atom stereocenters. The van der Waals surface area contributed by atoms with Crippen molar-refractivity contribution in [2.45, 2.75) is 19.7 Å². The average molecular weight is 420 g/mol. The lowest BCUT2D eigenvalue weighted by atomic mass is 10.1. The van der Waals surface area contributed by atoms with Gasteiger partial charge in [-0.2, -0.15) is 0 Å². The molecule has 0 radical (unpaired) electrons. The molecule has 4 rings (SSSR count). The lowest BCUT2D eigenvalue weighted by Crippen LogP contribution is -2.52. The summed E-state index contributed by atoms with van der Waals surface area (Å²) in [5, 5.41) is 7.54. The molecule has 1 aliphatic rings. The van der Waals surface area contributed by atoms with E-state index in [1.165, 1.54) is 11.1 Å². The third-order valence-corrected chi connectivity index (χ3v) is 5.45. The summed E-state index contributed by atoms with van der Waals surface area (Å²) in [6.07, 6.45) is 1.63. The van der Waals surface area contributed by atoms with Gasteiger partial charge in [-0.05, 0) is 23.3 Å². The molecule has 0 spiro atoms. The summed E-state index contributed by atoms with van der Waals surface area (Å²) >= 11 is 0. The van der Waals surface area contributed by atoms with Gasteiger partial charge in [0.15, 0.2) is 5.96 Å². The number of hydrogen-bond donors (Lipinski definition) is 1. The van der Waals surface area contributed by atoms with E-state index in [0.29, 0.717) is 13.2 Å². The van der Waals surface area contributed by atoms with E-state index in [-0.39, 0.29) is 0 Å². The van der Waals surface area contributed by atoms with E-state index in [2.05, 4.69) is 49.5 Å². The van der Waals surface area contributed by atoms with E-state index in [4.69, 9.17) is 9.26 Å². The van der Waals surface area contributed by atoms with Gasteiger partial charge in [0, 0.05) is 52.4 Å². The zero-order chi connectivity index (χ0) is 21.3. The van der Waals surface area contributed by atoms with Crippen molar-refractivity contribution in [3.05, 3.63) is 83.7 Å². The van der Waals surface area contributed by atoms with Crippen LogP contribution in [0.25, 0.3) is 0 Å². The molecular weight excluding hydrogens is 390 g/mol. The highest BCUT2D eigenvalue weighted by molar-refractivity contribution is 5.80. The number of piperazine rings is 1. The van der Waals surface area contributed by atoms with Crippen LogP contribution in [0.5, 0.6) is 5.75 Å². The van der Waals surface area contributed by atoms with E-state index in [9.17, 15) is 0 Å². The van der Waals surface area contributed by atoms with Crippen LogP contribution in [-0.2, 0) is 19.7 Å². The first-order chi connectivity index (χ1) is 15.3. The number of nitrogens with zero attached hydrogens (tertiary/aromatic N) is 4. The van der Waals surface area contributed by atoms with E-state index in [1.807, 2.05) is 43.4 Å². The fourth-order valence-electron chi connectivity index (χ4n) is 3.72. The molecular formula is C24H29N5O2. The monoisotopic (exact) mass is 419 g/mol. The molecule has 162 valence electrons. The van der Waals surface area contributed by atoms with Crippen LogP contribution in [0.1, 0.15) is 16.8 Å². The van der Waals surface area contributed by atoms with Crippen LogP contribution in [0, 0.1) is 0 Å². The van der Waals surface area contributed by atoms with Gasteiger partial charge in [0.1, 0.15) is 18.6 Å².